The van der Waals surface area contributed by atoms with Gasteiger partial charge in [0.05, 0.1) is 17.8 Å². The van der Waals surface area contributed by atoms with Gasteiger partial charge >= 0.3 is 12.2 Å². The first kappa shape index (κ1) is 28.8. The largest absolute Gasteiger partial charge is 0.446 e. The zero-order chi connectivity index (χ0) is 29.4. The maximum atomic E-state index is 12.7. The van der Waals surface area contributed by atoms with Gasteiger partial charge in [0.1, 0.15) is 5.02 Å². The quantitative estimate of drug-likeness (QED) is 0.188. The number of aromatic nitrogens is 2. The van der Waals surface area contributed by atoms with Gasteiger partial charge in [0.25, 0.3) is 0 Å². The highest BCUT2D eigenvalue weighted by Crippen LogP contribution is 2.29. The number of fused-ring (bicyclic) bond motifs is 6. The predicted molar refractivity (Wildman–Crippen MR) is 150 cm³/mol. The Morgan fingerprint density at radius 2 is 1.76 bits per heavy atom. The summed E-state index contributed by atoms with van der Waals surface area (Å²) in [7, 11) is 0. The van der Waals surface area contributed by atoms with E-state index < -0.39 is 18.5 Å². The first-order chi connectivity index (χ1) is 19.6. The van der Waals surface area contributed by atoms with Crippen LogP contribution in [0.1, 0.15) is 16.7 Å². The maximum absolute atomic E-state index is 12.7. The van der Waals surface area contributed by atoms with E-state index >= 15 is 0 Å². The molecule has 0 saturated heterocycles. The predicted octanol–water partition coefficient (Wildman–Crippen LogP) is 6.98. The van der Waals surface area contributed by atoms with E-state index in [9.17, 15) is 18.0 Å². The minimum atomic E-state index is -4.64. The van der Waals surface area contributed by atoms with E-state index in [0.717, 1.165) is 28.9 Å². The molecule has 4 N–H and O–H groups in total. The van der Waals surface area contributed by atoms with Crippen molar-refractivity contribution in [2.75, 3.05) is 21.3 Å². The Bertz CT molecular complexity index is 1620. The van der Waals surface area contributed by atoms with Gasteiger partial charge in [-0.3, -0.25) is 4.79 Å². The molecule has 6 bridgehead atoms. The number of nitriles is 1. The zero-order valence-corrected chi connectivity index (χ0v) is 21.8. The second-order valence-electron chi connectivity index (χ2n) is 8.64. The number of aldehydes is 1. The minimum absolute atomic E-state index is 0.391. The van der Waals surface area contributed by atoms with Crippen molar-refractivity contribution in [1.29, 1.82) is 5.26 Å². The first-order valence-electron chi connectivity index (χ1n) is 12.0. The summed E-state index contributed by atoms with van der Waals surface area (Å²) in [6.07, 6.45) is -2.70. The molecule has 2 heterocycles. The minimum Gasteiger partial charge on any atom is -0.339 e. The lowest BCUT2D eigenvalue weighted by atomic mass is 10.0. The van der Waals surface area contributed by atoms with E-state index in [-0.39, 0.29) is 0 Å². The molecule has 0 aliphatic carbocycles. The van der Waals surface area contributed by atoms with E-state index in [1.807, 2.05) is 30.3 Å². The number of anilines is 6. The van der Waals surface area contributed by atoms with Gasteiger partial charge in [0.2, 0.25) is 12.2 Å². The van der Waals surface area contributed by atoms with Crippen LogP contribution < -0.4 is 21.3 Å². The van der Waals surface area contributed by atoms with Gasteiger partial charge < -0.3 is 21.3 Å². The molecule has 1 aromatic heterocycles. The average Bonchev–Trinajstić information content (AvgIpc) is 2.95. The van der Waals surface area contributed by atoms with Crippen molar-refractivity contribution in [2.24, 2.45) is 0 Å². The molecule has 0 fully saturated rings. The molecule has 0 radical (unpaired) electrons. The SMILES string of the molecule is N#Cc1cccc(NC(=O)Nc2ccc3cc2CCc2cccc(c2)Nc2ncc(Cl)c(n2)N3)c1.O=CC(F)(F)F. The van der Waals surface area contributed by atoms with Crippen LogP contribution in [0.3, 0.4) is 0 Å². The van der Waals surface area contributed by atoms with Gasteiger partial charge in [-0.05, 0) is 72.5 Å². The number of urea groups is 1. The van der Waals surface area contributed by atoms with Crippen LogP contribution in [0.4, 0.5) is 52.5 Å². The summed E-state index contributed by atoms with van der Waals surface area (Å²) in [6, 6.07) is 22.1. The topological polar surface area (TPSA) is 132 Å². The Morgan fingerprint density at radius 1 is 1.00 bits per heavy atom. The molecule has 0 atom stereocenters. The molecule has 0 unspecified atom stereocenters. The summed E-state index contributed by atoms with van der Waals surface area (Å²) in [5.41, 5.74) is 5.43. The third kappa shape index (κ3) is 8.42. The van der Waals surface area contributed by atoms with E-state index in [1.165, 1.54) is 0 Å². The normalized spacial score (nSPS) is 11.8. The van der Waals surface area contributed by atoms with Gasteiger partial charge in [0.15, 0.2) is 5.82 Å². The van der Waals surface area contributed by atoms with Gasteiger partial charge in [-0.15, -0.1) is 0 Å². The number of nitrogens with zero attached hydrogens (tertiary/aromatic N) is 3. The van der Waals surface area contributed by atoms with Crippen LogP contribution in [0.5, 0.6) is 0 Å². The number of carbonyl (C=O) groups is 2. The fourth-order valence-electron chi connectivity index (χ4n) is 3.82. The number of alkyl halides is 3. The second kappa shape index (κ2) is 12.8. The molecule has 13 heteroatoms. The number of halogens is 4. The highest BCUT2D eigenvalue weighted by atomic mass is 35.5. The first-order valence-corrected chi connectivity index (χ1v) is 12.4. The van der Waals surface area contributed by atoms with Crippen LogP contribution >= 0.6 is 11.6 Å². The van der Waals surface area contributed by atoms with Crippen molar-refractivity contribution in [2.45, 2.75) is 19.0 Å². The van der Waals surface area contributed by atoms with Crippen molar-refractivity contribution in [3.8, 4) is 6.07 Å². The molecule has 4 aromatic rings. The lowest BCUT2D eigenvalue weighted by Crippen LogP contribution is -2.20. The van der Waals surface area contributed by atoms with Gasteiger partial charge in [-0.2, -0.15) is 23.4 Å². The highest BCUT2D eigenvalue weighted by Gasteiger charge is 2.25. The molecule has 9 nitrogen and oxygen atoms in total. The highest BCUT2D eigenvalue weighted by molar-refractivity contribution is 6.32. The van der Waals surface area contributed by atoms with Crippen molar-refractivity contribution in [1.82, 2.24) is 9.97 Å². The zero-order valence-electron chi connectivity index (χ0n) is 21.1. The Kier molecular flexibility index (Phi) is 9.01. The number of aryl methyl sites for hydroxylation is 2. The van der Waals surface area contributed by atoms with Crippen LogP contribution in [0.15, 0.2) is 72.9 Å². The summed E-state index contributed by atoms with van der Waals surface area (Å²) >= 11 is 6.33. The molecule has 41 heavy (non-hydrogen) atoms. The van der Waals surface area contributed by atoms with Crippen LogP contribution in [0, 0.1) is 11.3 Å². The molecule has 1 aliphatic rings. The van der Waals surface area contributed by atoms with Crippen LogP contribution in [-0.2, 0) is 17.6 Å². The number of hydrogen-bond donors (Lipinski definition) is 4. The van der Waals surface area contributed by atoms with Crippen LogP contribution in [0.25, 0.3) is 0 Å². The van der Waals surface area contributed by atoms with Crippen molar-refractivity contribution < 1.29 is 22.8 Å². The Labute approximate surface area is 237 Å². The number of hydrogen-bond acceptors (Lipinski definition) is 7. The van der Waals surface area contributed by atoms with Crippen LogP contribution in [-0.4, -0.2) is 28.5 Å². The van der Waals surface area contributed by atoms with Crippen molar-refractivity contribution in [3.05, 3.63) is 94.6 Å². The third-order valence-corrected chi connectivity index (χ3v) is 5.89. The number of nitrogens with one attached hydrogen (secondary N) is 4. The van der Waals surface area contributed by atoms with Crippen LogP contribution in [0.2, 0.25) is 5.02 Å². The number of benzene rings is 3. The summed E-state index contributed by atoms with van der Waals surface area (Å²) in [4.78, 5) is 30.2. The monoisotopic (exact) mass is 579 g/mol. The second-order valence-corrected chi connectivity index (χ2v) is 9.05. The number of carbonyl (C=O) groups excluding carboxylic acids is 2. The van der Waals surface area contributed by atoms with E-state index in [0.29, 0.717) is 40.1 Å². The molecular weight excluding hydrogens is 559 g/mol. The molecule has 1 aliphatic heterocycles. The fourth-order valence-corrected chi connectivity index (χ4v) is 3.95. The van der Waals surface area contributed by atoms with Crippen molar-refractivity contribution in [3.63, 3.8) is 0 Å². The number of amides is 2. The summed E-state index contributed by atoms with van der Waals surface area (Å²) in [6.45, 7) is 0. The summed E-state index contributed by atoms with van der Waals surface area (Å²) in [5, 5.41) is 21.7. The molecule has 208 valence electrons. The molecular formula is C28H21ClF3N7O2. The molecule has 0 spiro atoms. The molecule has 2 amide bonds. The summed E-state index contributed by atoms with van der Waals surface area (Å²) in [5.74, 6) is 0.908. The maximum Gasteiger partial charge on any atom is 0.446 e. The Hall–Kier alpha value is -5.15. The standard InChI is InChI=1S/C26H20ClN7O.C2HF3O/c27-22-15-29-25-31-19-5-1-3-16(11-19)7-8-18-13-21(30-24(22)34-25)9-10-23(18)33-26(35)32-20-6-2-4-17(12-20)14-28;3-2(4,5)1-6/h1-6,9-13,15H,7-8H2,(H2,32,33,35)(H2,29,30,31,34);1H. The fraction of sp³-hybridized carbons (Fsp3) is 0.107. The lowest BCUT2D eigenvalue weighted by Gasteiger charge is -2.15. The summed E-state index contributed by atoms with van der Waals surface area (Å²) < 4.78 is 31.2. The van der Waals surface area contributed by atoms with E-state index in [2.05, 4.69) is 49.4 Å². The van der Waals surface area contributed by atoms with Gasteiger partial charge in [0, 0.05) is 22.7 Å². The molecule has 0 saturated carbocycles. The third-order valence-electron chi connectivity index (χ3n) is 5.61. The lowest BCUT2D eigenvalue weighted by molar-refractivity contribution is -0.156. The van der Waals surface area contributed by atoms with Gasteiger partial charge in [-0.25, -0.2) is 9.78 Å². The van der Waals surface area contributed by atoms with E-state index in [1.54, 1.807) is 30.5 Å². The van der Waals surface area contributed by atoms with Gasteiger partial charge in [-0.1, -0.05) is 29.8 Å². The number of rotatable bonds is 2. The average molecular weight is 580 g/mol. The molecule has 5 rings (SSSR count). The van der Waals surface area contributed by atoms with E-state index in [4.69, 9.17) is 21.7 Å². The Balaban J connectivity index is 0.000000585. The van der Waals surface area contributed by atoms with Crippen molar-refractivity contribution >= 4 is 58.4 Å². The molecule has 3 aromatic carbocycles. The smallest absolute Gasteiger partial charge is 0.339 e. The Morgan fingerprint density at radius 3 is 2.51 bits per heavy atom.